The van der Waals surface area contributed by atoms with Gasteiger partial charge in [-0.2, -0.15) is 0 Å². The average Bonchev–Trinajstić information content (AvgIpc) is 2.01. The molecule has 0 radical (unpaired) electrons. The Bertz CT molecular complexity index is 327. The van der Waals surface area contributed by atoms with E-state index in [-0.39, 0.29) is 0 Å². The molecule has 0 fully saturated rings. The van der Waals surface area contributed by atoms with Crippen LogP contribution in [-0.2, 0) is 4.79 Å². The molecule has 0 saturated carbocycles. The van der Waals surface area contributed by atoms with Crippen molar-refractivity contribution < 1.29 is 9.53 Å². The Labute approximate surface area is 88.8 Å². The Morgan fingerprint density at radius 2 is 1.79 bits per heavy atom. The van der Waals surface area contributed by atoms with Crippen LogP contribution >= 0.6 is 11.6 Å². The number of hydrogen-bond donors (Lipinski definition) is 0. The Morgan fingerprint density at radius 1 is 1.29 bits per heavy atom. The van der Waals surface area contributed by atoms with Gasteiger partial charge in [-0.1, -0.05) is 6.07 Å². The van der Waals surface area contributed by atoms with Gasteiger partial charge in [-0.3, -0.25) is 4.79 Å². The molecule has 2 nitrogen and oxygen atoms in total. The van der Waals surface area contributed by atoms with Crippen molar-refractivity contribution in [2.24, 2.45) is 0 Å². The summed E-state index contributed by atoms with van der Waals surface area (Å²) in [7, 11) is 0. The van der Waals surface area contributed by atoms with Crippen LogP contribution in [0.5, 0.6) is 5.75 Å². The van der Waals surface area contributed by atoms with Crippen LogP contribution in [0.3, 0.4) is 0 Å². The van der Waals surface area contributed by atoms with E-state index < -0.39 is 11.3 Å². The molecular weight excluding hydrogens is 200 g/mol. The molecule has 1 unspecified atom stereocenters. The second-order valence-electron chi connectivity index (χ2n) is 3.39. The van der Waals surface area contributed by atoms with E-state index in [1.165, 1.54) is 0 Å². The van der Waals surface area contributed by atoms with Gasteiger partial charge in [0.1, 0.15) is 5.75 Å². The molecule has 0 saturated heterocycles. The van der Waals surface area contributed by atoms with Crippen molar-refractivity contribution in [2.45, 2.75) is 26.9 Å². The minimum absolute atomic E-state index is 0.482. The van der Waals surface area contributed by atoms with Gasteiger partial charge >= 0.3 is 0 Å². The molecule has 1 aromatic rings. The van der Waals surface area contributed by atoms with Crippen molar-refractivity contribution in [3.63, 3.8) is 0 Å². The first-order valence-electron chi connectivity index (χ1n) is 4.43. The van der Waals surface area contributed by atoms with E-state index in [4.69, 9.17) is 16.3 Å². The summed E-state index contributed by atoms with van der Waals surface area (Å²) in [4.78, 5) is 10.8. The molecule has 76 valence electrons. The SMILES string of the molecule is Cc1cc(C)cc(OC(C)C(=O)Cl)c1. The van der Waals surface area contributed by atoms with Gasteiger partial charge in [0.15, 0.2) is 6.10 Å². The molecule has 1 rings (SSSR count). The van der Waals surface area contributed by atoms with Crippen molar-refractivity contribution in [1.82, 2.24) is 0 Å². The molecule has 0 heterocycles. The van der Waals surface area contributed by atoms with E-state index in [0.29, 0.717) is 5.75 Å². The standard InChI is InChI=1S/C11H13ClO2/c1-7-4-8(2)6-10(5-7)14-9(3)11(12)13/h4-6,9H,1-3H3. The van der Waals surface area contributed by atoms with Crippen LogP contribution in [0, 0.1) is 13.8 Å². The fraction of sp³-hybridized carbons (Fsp3) is 0.364. The first-order chi connectivity index (χ1) is 6.49. The molecule has 0 aliphatic rings. The summed E-state index contributed by atoms with van der Waals surface area (Å²) >= 11 is 5.29. The Hall–Kier alpha value is -1.02. The number of carbonyl (C=O) groups excluding carboxylic acids is 1. The highest BCUT2D eigenvalue weighted by atomic mass is 35.5. The van der Waals surface area contributed by atoms with Gasteiger partial charge in [-0.05, 0) is 55.6 Å². The van der Waals surface area contributed by atoms with E-state index in [9.17, 15) is 4.79 Å². The van der Waals surface area contributed by atoms with Gasteiger partial charge in [0.05, 0.1) is 0 Å². The van der Waals surface area contributed by atoms with Gasteiger partial charge in [-0.15, -0.1) is 0 Å². The summed E-state index contributed by atoms with van der Waals surface area (Å²) in [6.07, 6.45) is -0.599. The van der Waals surface area contributed by atoms with E-state index >= 15 is 0 Å². The van der Waals surface area contributed by atoms with E-state index in [2.05, 4.69) is 0 Å². The molecule has 0 amide bonds. The highest BCUT2D eigenvalue weighted by Crippen LogP contribution is 2.17. The number of aryl methyl sites for hydroxylation is 2. The molecule has 0 bridgehead atoms. The third-order valence-electron chi connectivity index (χ3n) is 1.83. The average molecular weight is 213 g/mol. The number of halogens is 1. The Kier molecular flexibility index (Phi) is 3.53. The monoisotopic (exact) mass is 212 g/mol. The highest BCUT2D eigenvalue weighted by Gasteiger charge is 2.11. The fourth-order valence-corrected chi connectivity index (χ4v) is 1.30. The lowest BCUT2D eigenvalue weighted by atomic mass is 10.1. The number of ether oxygens (including phenoxy) is 1. The van der Waals surface area contributed by atoms with Crippen LogP contribution in [0.25, 0.3) is 0 Å². The van der Waals surface area contributed by atoms with Gasteiger partial charge in [0.2, 0.25) is 0 Å². The van der Waals surface area contributed by atoms with E-state index in [1.807, 2.05) is 32.0 Å². The molecular formula is C11H13ClO2. The molecule has 0 aliphatic carbocycles. The smallest absolute Gasteiger partial charge is 0.262 e. The third-order valence-corrected chi connectivity index (χ3v) is 2.13. The van der Waals surface area contributed by atoms with Crippen molar-refractivity contribution in [3.8, 4) is 5.75 Å². The quantitative estimate of drug-likeness (QED) is 0.721. The molecule has 0 N–H and O–H groups in total. The van der Waals surface area contributed by atoms with Crippen LogP contribution in [0.2, 0.25) is 0 Å². The zero-order valence-corrected chi connectivity index (χ0v) is 9.26. The lowest BCUT2D eigenvalue weighted by molar-refractivity contribution is -0.117. The zero-order chi connectivity index (χ0) is 10.7. The molecule has 0 spiro atoms. The van der Waals surface area contributed by atoms with Crippen LogP contribution in [0.15, 0.2) is 18.2 Å². The van der Waals surface area contributed by atoms with Crippen LogP contribution < -0.4 is 4.74 Å². The number of hydrogen-bond acceptors (Lipinski definition) is 2. The van der Waals surface area contributed by atoms with Gasteiger partial charge in [0.25, 0.3) is 5.24 Å². The lowest BCUT2D eigenvalue weighted by Crippen LogP contribution is -2.18. The molecule has 1 atom stereocenters. The zero-order valence-electron chi connectivity index (χ0n) is 8.50. The van der Waals surface area contributed by atoms with E-state index in [1.54, 1.807) is 6.92 Å². The molecule has 3 heteroatoms. The first-order valence-corrected chi connectivity index (χ1v) is 4.81. The topological polar surface area (TPSA) is 26.3 Å². The summed E-state index contributed by atoms with van der Waals surface area (Å²) in [5, 5.41) is -0.482. The predicted molar refractivity (Wildman–Crippen MR) is 56.9 cm³/mol. The van der Waals surface area contributed by atoms with Crippen molar-refractivity contribution >= 4 is 16.8 Å². The number of rotatable bonds is 3. The normalized spacial score (nSPS) is 12.3. The molecule has 1 aromatic carbocycles. The summed E-state index contributed by atoms with van der Waals surface area (Å²) in [6.45, 7) is 5.59. The van der Waals surface area contributed by atoms with Gasteiger partial charge in [0, 0.05) is 0 Å². The number of benzene rings is 1. The van der Waals surface area contributed by atoms with E-state index in [0.717, 1.165) is 11.1 Å². The van der Waals surface area contributed by atoms with Crippen molar-refractivity contribution in [3.05, 3.63) is 29.3 Å². The van der Waals surface area contributed by atoms with Crippen LogP contribution in [0.1, 0.15) is 18.1 Å². The Balaban J connectivity index is 2.81. The maximum absolute atomic E-state index is 10.8. The van der Waals surface area contributed by atoms with Crippen LogP contribution in [-0.4, -0.2) is 11.3 Å². The van der Waals surface area contributed by atoms with Crippen LogP contribution in [0.4, 0.5) is 0 Å². The molecule has 0 aromatic heterocycles. The summed E-state index contributed by atoms with van der Waals surface area (Å²) < 4.78 is 5.36. The maximum Gasteiger partial charge on any atom is 0.262 e. The highest BCUT2D eigenvalue weighted by molar-refractivity contribution is 6.64. The summed E-state index contributed by atoms with van der Waals surface area (Å²) in [6, 6.07) is 5.80. The summed E-state index contributed by atoms with van der Waals surface area (Å²) in [5.74, 6) is 0.684. The second-order valence-corrected chi connectivity index (χ2v) is 3.76. The minimum Gasteiger partial charge on any atom is -0.482 e. The second kappa shape index (κ2) is 4.47. The first kappa shape index (κ1) is 11.1. The minimum atomic E-state index is -0.599. The van der Waals surface area contributed by atoms with Gasteiger partial charge in [-0.25, -0.2) is 0 Å². The van der Waals surface area contributed by atoms with Crippen molar-refractivity contribution in [1.29, 1.82) is 0 Å². The number of carbonyl (C=O) groups is 1. The molecule has 0 aliphatic heterocycles. The summed E-state index contributed by atoms with van der Waals surface area (Å²) in [5.41, 5.74) is 2.21. The maximum atomic E-state index is 10.8. The largest absolute Gasteiger partial charge is 0.482 e. The third kappa shape index (κ3) is 3.04. The molecule has 14 heavy (non-hydrogen) atoms. The van der Waals surface area contributed by atoms with Gasteiger partial charge < -0.3 is 4.74 Å². The predicted octanol–water partition coefficient (Wildman–Crippen LogP) is 2.84. The van der Waals surface area contributed by atoms with Crippen molar-refractivity contribution in [2.75, 3.05) is 0 Å². The Morgan fingerprint density at radius 3 is 2.21 bits per heavy atom. The lowest BCUT2D eigenvalue weighted by Gasteiger charge is -2.11. The fourth-order valence-electron chi connectivity index (χ4n) is 1.25.